The van der Waals surface area contributed by atoms with Crippen LogP contribution < -0.4 is 0 Å². The van der Waals surface area contributed by atoms with Crippen LogP contribution in [0.2, 0.25) is 0 Å². The number of nitrogens with zero attached hydrogens (tertiary/aromatic N) is 3. The fourth-order valence-electron chi connectivity index (χ4n) is 3.32. The number of alkyl halides is 1. The SMILES string of the molecule is CSC1CCCCC1n1c(CCl)nc2ccc(C#N)cc21. The lowest BCUT2D eigenvalue weighted by atomic mass is 9.94. The molecule has 0 N–H and O–H groups in total. The number of imidazole rings is 1. The van der Waals surface area contributed by atoms with Crippen LogP contribution in [0.25, 0.3) is 11.0 Å². The zero-order valence-electron chi connectivity index (χ0n) is 12.1. The first-order chi connectivity index (χ1) is 10.3. The van der Waals surface area contributed by atoms with Crippen LogP contribution in [0.15, 0.2) is 18.2 Å². The Kier molecular flexibility index (Phi) is 4.42. The number of halogens is 1. The number of hydrogen-bond donors (Lipinski definition) is 0. The molecule has 1 fully saturated rings. The zero-order chi connectivity index (χ0) is 14.8. The Labute approximate surface area is 134 Å². The molecule has 1 aromatic carbocycles. The van der Waals surface area contributed by atoms with Crippen molar-refractivity contribution in [1.29, 1.82) is 5.26 Å². The van der Waals surface area contributed by atoms with Crippen molar-refractivity contribution in [2.45, 2.75) is 42.9 Å². The number of benzene rings is 1. The van der Waals surface area contributed by atoms with E-state index in [1.54, 1.807) is 0 Å². The first-order valence-electron chi connectivity index (χ1n) is 7.28. The van der Waals surface area contributed by atoms with Crippen LogP contribution in [-0.2, 0) is 5.88 Å². The molecule has 0 radical (unpaired) electrons. The summed E-state index contributed by atoms with van der Waals surface area (Å²) in [6.07, 6.45) is 7.14. The highest BCUT2D eigenvalue weighted by atomic mass is 35.5. The molecule has 0 bridgehead atoms. The van der Waals surface area contributed by atoms with Gasteiger partial charge in [0.15, 0.2) is 0 Å². The minimum Gasteiger partial charge on any atom is -0.323 e. The molecule has 0 spiro atoms. The van der Waals surface area contributed by atoms with Crippen molar-refractivity contribution in [3.05, 3.63) is 29.6 Å². The van der Waals surface area contributed by atoms with Gasteiger partial charge in [0.25, 0.3) is 0 Å². The average molecular weight is 320 g/mol. The Balaban J connectivity index is 2.16. The minimum absolute atomic E-state index is 0.411. The molecule has 5 heteroatoms. The van der Waals surface area contributed by atoms with Gasteiger partial charge in [-0.15, -0.1) is 11.6 Å². The molecular weight excluding hydrogens is 302 g/mol. The number of thioether (sulfide) groups is 1. The van der Waals surface area contributed by atoms with Crippen molar-refractivity contribution < 1.29 is 0 Å². The van der Waals surface area contributed by atoms with Gasteiger partial charge >= 0.3 is 0 Å². The van der Waals surface area contributed by atoms with Crippen LogP contribution >= 0.6 is 23.4 Å². The zero-order valence-corrected chi connectivity index (χ0v) is 13.6. The number of rotatable bonds is 3. The largest absolute Gasteiger partial charge is 0.323 e. The van der Waals surface area contributed by atoms with E-state index in [4.69, 9.17) is 16.9 Å². The van der Waals surface area contributed by atoms with Gasteiger partial charge in [-0.2, -0.15) is 17.0 Å². The molecular formula is C16H18ClN3S. The first-order valence-corrected chi connectivity index (χ1v) is 9.10. The topological polar surface area (TPSA) is 41.6 Å². The van der Waals surface area contributed by atoms with Gasteiger partial charge in [-0.05, 0) is 37.3 Å². The van der Waals surface area contributed by atoms with Crippen molar-refractivity contribution in [1.82, 2.24) is 9.55 Å². The number of nitriles is 1. The van der Waals surface area contributed by atoms with Crippen molar-refractivity contribution in [2.24, 2.45) is 0 Å². The summed E-state index contributed by atoms with van der Waals surface area (Å²) in [5.74, 6) is 1.33. The molecule has 1 aromatic heterocycles. The predicted octanol–water partition coefficient (Wildman–Crippen LogP) is 4.49. The van der Waals surface area contributed by atoms with Crippen LogP contribution in [-0.4, -0.2) is 21.1 Å². The Morgan fingerprint density at radius 3 is 2.95 bits per heavy atom. The Morgan fingerprint density at radius 1 is 1.43 bits per heavy atom. The van der Waals surface area contributed by atoms with Crippen LogP contribution in [0.3, 0.4) is 0 Å². The van der Waals surface area contributed by atoms with E-state index in [-0.39, 0.29) is 0 Å². The highest BCUT2D eigenvalue weighted by Crippen LogP contribution is 2.38. The molecule has 3 rings (SSSR count). The molecule has 2 unspecified atom stereocenters. The van der Waals surface area contributed by atoms with E-state index in [1.807, 2.05) is 30.0 Å². The summed E-state index contributed by atoms with van der Waals surface area (Å²) >= 11 is 8.07. The van der Waals surface area contributed by atoms with E-state index in [2.05, 4.69) is 21.9 Å². The quantitative estimate of drug-likeness (QED) is 0.782. The third-order valence-corrected chi connectivity index (χ3v) is 5.71. The van der Waals surface area contributed by atoms with Gasteiger partial charge < -0.3 is 4.57 Å². The molecule has 0 amide bonds. The summed E-state index contributed by atoms with van der Waals surface area (Å²) < 4.78 is 2.30. The van der Waals surface area contributed by atoms with E-state index in [9.17, 15) is 0 Å². The van der Waals surface area contributed by atoms with Crippen molar-refractivity contribution in [3.8, 4) is 6.07 Å². The second-order valence-electron chi connectivity index (χ2n) is 5.47. The minimum atomic E-state index is 0.411. The number of hydrogen-bond acceptors (Lipinski definition) is 3. The Bertz CT molecular complexity index is 689. The third-order valence-electron chi connectivity index (χ3n) is 4.31. The van der Waals surface area contributed by atoms with Gasteiger partial charge in [-0.25, -0.2) is 4.98 Å². The van der Waals surface area contributed by atoms with Crippen LogP contribution in [0.4, 0.5) is 0 Å². The molecule has 2 aromatic rings. The van der Waals surface area contributed by atoms with Crippen molar-refractivity contribution in [3.63, 3.8) is 0 Å². The smallest absolute Gasteiger partial charge is 0.125 e. The second-order valence-corrected chi connectivity index (χ2v) is 6.82. The molecule has 1 heterocycles. The Hall–Kier alpha value is -1.18. The molecule has 1 aliphatic rings. The molecule has 110 valence electrons. The summed E-state index contributed by atoms with van der Waals surface area (Å²) in [7, 11) is 0. The number of aromatic nitrogens is 2. The molecule has 0 saturated heterocycles. The summed E-state index contributed by atoms with van der Waals surface area (Å²) in [4.78, 5) is 4.66. The fraction of sp³-hybridized carbons (Fsp3) is 0.500. The van der Waals surface area contributed by atoms with E-state index < -0.39 is 0 Å². The lowest BCUT2D eigenvalue weighted by molar-refractivity contribution is 0.366. The summed E-state index contributed by atoms with van der Waals surface area (Å²) in [5, 5.41) is 9.75. The van der Waals surface area contributed by atoms with Gasteiger partial charge in [-0.3, -0.25) is 0 Å². The van der Waals surface area contributed by atoms with E-state index in [0.717, 1.165) is 23.3 Å². The van der Waals surface area contributed by atoms with Gasteiger partial charge in [0, 0.05) is 11.3 Å². The van der Waals surface area contributed by atoms with Gasteiger partial charge in [0.2, 0.25) is 0 Å². The van der Waals surface area contributed by atoms with Crippen LogP contribution in [0, 0.1) is 11.3 Å². The highest BCUT2D eigenvalue weighted by molar-refractivity contribution is 7.99. The lowest BCUT2D eigenvalue weighted by Gasteiger charge is -2.32. The van der Waals surface area contributed by atoms with Gasteiger partial charge in [0.05, 0.1) is 28.5 Å². The predicted molar refractivity (Wildman–Crippen MR) is 88.8 cm³/mol. The first kappa shape index (κ1) is 14.7. The summed E-state index contributed by atoms with van der Waals surface area (Å²) in [6, 6.07) is 8.36. The molecule has 21 heavy (non-hydrogen) atoms. The number of fused-ring (bicyclic) bond motifs is 1. The summed E-state index contributed by atoms with van der Waals surface area (Å²) in [6.45, 7) is 0. The lowest BCUT2D eigenvalue weighted by Crippen LogP contribution is -2.26. The second kappa shape index (κ2) is 6.29. The van der Waals surface area contributed by atoms with E-state index >= 15 is 0 Å². The monoisotopic (exact) mass is 319 g/mol. The summed E-state index contributed by atoms with van der Waals surface area (Å²) in [5.41, 5.74) is 2.67. The maximum atomic E-state index is 9.15. The fourth-order valence-corrected chi connectivity index (χ4v) is 4.49. The van der Waals surface area contributed by atoms with E-state index in [1.165, 1.54) is 19.3 Å². The molecule has 3 nitrogen and oxygen atoms in total. The average Bonchev–Trinajstić information content (AvgIpc) is 2.92. The molecule has 1 aliphatic carbocycles. The van der Waals surface area contributed by atoms with Gasteiger partial charge in [0.1, 0.15) is 5.82 Å². The van der Waals surface area contributed by atoms with Crippen LogP contribution in [0.1, 0.15) is 43.1 Å². The van der Waals surface area contributed by atoms with Crippen molar-refractivity contribution in [2.75, 3.05) is 6.26 Å². The highest BCUT2D eigenvalue weighted by Gasteiger charge is 2.29. The maximum absolute atomic E-state index is 9.15. The van der Waals surface area contributed by atoms with Crippen LogP contribution in [0.5, 0.6) is 0 Å². The van der Waals surface area contributed by atoms with E-state index in [0.29, 0.717) is 22.7 Å². The normalized spacial score (nSPS) is 22.3. The Morgan fingerprint density at radius 2 is 2.24 bits per heavy atom. The third kappa shape index (κ3) is 2.65. The van der Waals surface area contributed by atoms with Gasteiger partial charge in [-0.1, -0.05) is 12.8 Å². The maximum Gasteiger partial charge on any atom is 0.125 e. The van der Waals surface area contributed by atoms with Crippen molar-refractivity contribution >= 4 is 34.4 Å². The molecule has 2 atom stereocenters. The standard InChI is InChI=1S/C16H18ClN3S/c1-21-15-5-3-2-4-13(15)20-14-8-11(10-18)6-7-12(14)19-16(20)9-17/h6-8,13,15H,2-5,9H2,1H3. The molecule has 1 saturated carbocycles. The molecule has 0 aliphatic heterocycles.